The van der Waals surface area contributed by atoms with Crippen molar-refractivity contribution >= 4 is 68.7 Å². The number of urea groups is 1. The molecule has 1 aliphatic rings. The minimum atomic E-state index is -0.900. The molecule has 150 valence electrons. The van der Waals surface area contributed by atoms with Gasteiger partial charge in [-0.2, -0.15) is 0 Å². The van der Waals surface area contributed by atoms with Crippen LogP contribution in [-0.2, 0) is 9.59 Å². The highest BCUT2D eigenvalue weighted by atomic mass is 79.9. The van der Waals surface area contributed by atoms with Crippen molar-refractivity contribution in [2.75, 3.05) is 4.90 Å². The number of barbiturate groups is 1. The highest BCUT2D eigenvalue weighted by molar-refractivity contribution is 9.10. The van der Waals surface area contributed by atoms with E-state index in [4.69, 9.17) is 27.9 Å². The van der Waals surface area contributed by atoms with E-state index in [1.807, 2.05) is 13.8 Å². The molecule has 1 saturated heterocycles. The summed E-state index contributed by atoms with van der Waals surface area (Å²) in [6.07, 6.45) is 1.38. The van der Waals surface area contributed by atoms with E-state index in [9.17, 15) is 14.4 Å². The van der Waals surface area contributed by atoms with Gasteiger partial charge in [0.15, 0.2) is 0 Å². The standard InChI is InChI=1S/C20H15BrCl2N2O4/c1-10(2)29-16-7-6-11(9-13(16)21)8-12-18(26)24-20(28)25(19(12)27)15-5-3-4-14(22)17(15)23/h3-10H,1-2H3,(H,24,26,28)/b12-8+. The quantitative estimate of drug-likeness (QED) is 0.464. The van der Waals surface area contributed by atoms with Crippen LogP contribution in [0.2, 0.25) is 10.0 Å². The van der Waals surface area contributed by atoms with E-state index < -0.39 is 17.8 Å². The van der Waals surface area contributed by atoms with Gasteiger partial charge in [-0.25, -0.2) is 9.69 Å². The lowest BCUT2D eigenvalue weighted by atomic mass is 10.1. The monoisotopic (exact) mass is 496 g/mol. The smallest absolute Gasteiger partial charge is 0.336 e. The van der Waals surface area contributed by atoms with E-state index in [2.05, 4.69) is 21.2 Å². The van der Waals surface area contributed by atoms with Gasteiger partial charge in [0, 0.05) is 0 Å². The molecule has 2 aromatic rings. The van der Waals surface area contributed by atoms with Crippen LogP contribution in [-0.4, -0.2) is 23.9 Å². The van der Waals surface area contributed by atoms with Crippen molar-refractivity contribution in [1.29, 1.82) is 0 Å². The van der Waals surface area contributed by atoms with Gasteiger partial charge >= 0.3 is 6.03 Å². The number of anilines is 1. The van der Waals surface area contributed by atoms with E-state index in [0.717, 1.165) is 4.90 Å². The molecule has 9 heteroatoms. The normalized spacial score (nSPS) is 15.9. The topological polar surface area (TPSA) is 75.7 Å². The van der Waals surface area contributed by atoms with E-state index >= 15 is 0 Å². The fourth-order valence-corrected chi connectivity index (χ4v) is 3.53. The summed E-state index contributed by atoms with van der Waals surface area (Å²) in [4.78, 5) is 38.3. The molecule has 0 atom stereocenters. The van der Waals surface area contributed by atoms with Crippen LogP contribution >= 0.6 is 39.1 Å². The Hall–Kier alpha value is -2.35. The average molecular weight is 498 g/mol. The lowest BCUT2D eigenvalue weighted by Gasteiger charge is -2.27. The zero-order chi connectivity index (χ0) is 21.3. The molecule has 0 radical (unpaired) electrons. The van der Waals surface area contributed by atoms with Gasteiger partial charge in [0.1, 0.15) is 11.3 Å². The number of carbonyl (C=O) groups is 3. The number of halogens is 3. The highest BCUT2D eigenvalue weighted by Crippen LogP contribution is 2.34. The van der Waals surface area contributed by atoms with Crippen LogP contribution in [0.1, 0.15) is 19.4 Å². The van der Waals surface area contributed by atoms with Gasteiger partial charge in [-0.15, -0.1) is 0 Å². The summed E-state index contributed by atoms with van der Waals surface area (Å²) in [6, 6.07) is 8.77. The third-order valence-corrected chi connectivity index (χ3v) is 5.33. The van der Waals surface area contributed by atoms with Crippen LogP contribution in [0.5, 0.6) is 5.75 Å². The molecule has 0 bridgehead atoms. The van der Waals surface area contributed by atoms with Crippen molar-refractivity contribution in [3.8, 4) is 5.75 Å². The van der Waals surface area contributed by atoms with Gasteiger partial charge < -0.3 is 4.74 Å². The number of benzene rings is 2. The van der Waals surface area contributed by atoms with Crippen LogP contribution < -0.4 is 15.0 Å². The predicted molar refractivity (Wildman–Crippen MR) is 115 cm³/mol. The SMILES string of the molecule is CC(C)Oc1ccc(/C=C2\C(=O)NC(=O)N(c3cccc(Cl)c3Cl)C2=O)cc1Br. The molecule has 1 aliphatic heterocycles. The first-order valence-corrected chi connectivity index (χ1v) is 10.1. The summed E-state index contributed by atoms with van der Waals surface area (Å²) in [5.41, 5.74) is 0.435. The fourth-order valence-electron chi connectivity index (χ4n) is 2.66. The molecular formula is C20H15BrCl2N2O4. The van der Waals surface area contributed by atoms with Crippen molar-refractivity contribution in [3.05, 3.63) is 62.1 Å². The van der Waals surface area contributed by atoms with Gasteiger partial charge in [0.2, 0.25) is 0 Å². The molecule has 1 fully saturated rings. The van der Waals surface area contributed by atoms with E-state index in [1.54, 1.807) is 24.3 Å². The van der Waals surface area contributed by atoms with Crippen LogP contribution in [0, 0.1) is 0 Å². The maximum atomic E-state index is 12.9. The molecule has 6 nitrogen and oxygen atoms in total. The lowest BCUT2D eigenvalue weighted by Crippen LogP contribution is -2.54. The Labute approximate surface area is 185 Å². The number of hydrogen-bond acceptors (Lipinski definition) is 4. The second-order valence-electron chi connectivity index (χ2n) is 6.39. The second kappa shape index (κ2) is 8.57. The number of nitrogens with one attached hydrogen (secondary N) is 1. The molecule has 2 aromatic carbocycles. The number of rotatable bonds is 4. The van der Waals surface area contributed by atoms with Crippen LogP contribution in [0.4, 0.5) is 10.5 Å². The van der Waals surface area contributed by atoms with Gasteiger partial charge in [-0.3, -0.25) is 14.9 Å². The Morgan fingerprint density at radius 1 is 1.14 bits per heavy atom. The molecule has 0 aliphatic carbocycles. The number of carbonyl (C=O) groups excluding carboxylic acids is 3. The number of ether oxygens (including phenoxy) is 1. The first-order valence-electron chi connectivity index (χ1n) is 8.50. The van der Waals surface area contributed by atoms with Crippen LogP contribution in [0.3, 0.4) is 0 Å². The molecule has 0 unspecified atom stereocenters. The summed E-state index contributed by atoms with van der Waals surface area (Å²) >= 11 is 15.6. The minimum absolute atomic E-state index is 0.0109. The summed E-state index contributed by atoms with van der Waals surface area (Å²) in [5.74, 6) is -0.973. The lowest BCUT2D eigenvalue weighted by molar-refractivity contribution is -0.122. The zero-order valence-electron chi connectivity index (χ0n) is 15.3. The Morgan fingerprint density at radius 2 is 1.86 bits per heavy atom. The number of nitrogens with zero attached hydrogens (tertiary/aromatic N) is 1. The van der Waals surface area contributed by atoms with E-state index in [-0.39, 0.29) is 27.4 Å². The molecule has 1 heterocycles. The van der Waals surface area contributed by atoms with Crippen molar-refractivity contribution in [3.63, 3.8) is 0 Å². The summed E-state index contributed by atoms with van der Waals surface area (Å²) in [5, 5.41) is 2.36. The third-order valence-electron chi connectivity index (χ3n) is 3.90. The molecule has 0 aromatic heterocycles. The molecular weight excluding hydrogens is 483 g/mol. The molecule has 1 N–H and O–H groups in total. The molecule has 0 spiro atoms. The number of hydrogen-bond donors (Lipinski definition) is 1. The molecule has 29 heavy (non-hydrogen) atoms. The second-order valence-corrected chi connectivity index (χ2v) is 8.03. The van der Waals surface area contributed by atoms with Crippen molar-refractivity contribution in [2.24, 2.45) is 0 Å². The minimum Gasteiger partial charge on any atom is -0.490 e. The van der Waals surface area contributed by atoms with Crippen molar-refractivity contribution in [1.82, 2.24) is 5.32 Å². The Bertz CT molecular complexity index is 1050. The maximum Gasteiger partial charge on any atom is 0.336 e. The maximum absolute atomic E-state index is 12.9. The molecule has 3 rings (SSSR count). The van der Waals surface area contributed by atoms with Crippen molar-refractivity contribution < 1.29 is 19.1 Å². The van der Waals surface area contributed by atoms with Gasteiger partial charge in [-0.1, -0.05) is 35.3 Å². The van der Waals surface area contributed by atoms with Gasteiger partial charge in [0.25, 0.3) is 11.8 Å². The van der Waals surface area contributed by atoms with E-state index in [0.29, 0.717) is 15.8 Å². The first-order chi connectivity index (χ1) is 13.7. The largest absolute Gasteiger partial charge is 0.490 e. The van der Waals surface area contributed by atoms with Crippen LogP contribution in [0.25, 0.3) is 6.08 Å². The Kier molecular flexibility index (Phi) is 6.31. The highest BCUT2D eigenvalue weighted by Gasteiger charge is 2.38. The number of amides is 4. The third kappa shape index (κ3) is 4.47. The zero-order valence-corrected chi connectivity index (χ0v) is 18.4. The Morgan fingerprint density at radius 3 is 2.52 bits per heavy atom. The first kappa shape index (κ1) is 21.4. The molecule has 4 amide bonds. The van der Waals surface area contributed by atoms with Gasteiger partial charge in [-0.05, 0) is 65.7 Å². The van der Waals surface area contributed by atoms with E-state index in [1.165, 1.54) is 18.2 Å². The summed E-state index contributed by atoms with van der Waals surface area (Å²) in [6.45, 7) is 3.81. The Balaban J connectivity index is 2.00. The number of imide groups is 2. The summed E-state index contributed by atoms with van der Waals surface area (Å²) < 4.78 is 6.31. The molecule has 0 saturated carbocycles. The van der Waals surface area contributed by atoms with Crippen LogP contribution in [0.15, 0.2) is 46.4 Å². The predicted octanol–water partition coefficient (Wildman–Crippen LogP) is 5.21. The van der Waals surface area contributed by atoms with Gasteiger partial charge in [0.05, 0.1) is 26.3 Å². The average Bonchev–Trinajstić information content (AvgIpc) is 2.64. The summed E-state index contributed by atoms with van der Waals surface area (Å²) in [7, 11) is 0. The fraction of sp³-hybridized carbons (Fsp3) is 0.150. The van der Waals surface area contributed by atoms with Crippen molar-refractivity contribution in [2.45, 2.75) is 20.0 Å².